The zero-order valence-corrected chi connectivity index (χ0v) is 12.4. The zero-order chi connectivity index (χ0) is 14.5. The highest BCUT2D eigenvalue weighted by Gasteiger charge is 2.20. The Labute approximate surface area is 120 Å². The second kappa shape index (κ2) is 6.86. The maximum Gasteiger partial charge on any atom is 0.222 e. The highest BCUT2D eigenvalue weighted by atomic mass is 16.5. The van der Waals surface area contributed by atoms with Crippen molar-refractivity contribution in [3.05, 3.63) is 34.9 Å². The molecule has 20 heavy (non-hydrogen) atoms. The maximum atomic E-state index is 12.0. The fourth-order valence-corrected chi connectivity index (χ4v) is 2.67. The van der Waals surface area contributed by atoms with Crippen molar-refractivity contribution in [1.29, 1.82) is 0 Å². The first-order valence-corrected chi connectivity index (χ1v) is 7.29. The summed E-state index contributed by atoms with van der Waals surface area (Å²) in [5.41, 5.74) is 9.71. The van der Waals surface area contributed by atoms with Crippen LogP contribution in [0.2, 0.25) is 0 Å². The summed E-state index contributed by atoms with van der Waals surface area (Å²) >= 11 is 0. The Morgan fingerprint density at radius 1 is 1.45 bits per heavy atom. The van der Waals surface area contributed by atoms with Gasteiger partial charge < -0.3 is 15.4 Å². The standard InChI is InChI=1S/C16H24N2O2/c1-3-4-16(19)18-8-7-12-5-6-13(9-14(12)10-18)15(17)11-20-2/h5-6,9,15H,3-4,7-8,10-11,17H2,1-2H3. The van der Waals surface area contributed by atoms with Crippen LogP contribution in [0.5, 0.6) is 0 Å². The number of carbonyl (C=O) groups is 1. The number of benzene rings is 1. The molecular formula is C16H24N2O2. The number of hydrogen-bond donors (Lipinski definition) is 1. The molecule has 1 amide bonds. The monoisotopic (exact) mass is 276 g/mol. The van der Waals surface area contributed by atoms with E-state index in [1.165, 1.54) is 11.1 Å². The predicted octanol–water partition coefficient (Wildman–Crippen LogP) is 2.02. The number of amides is 1. The number of methoxy groups -OCH3 is 1. The first kappa shape index (κ1) is 15.0. The minimum Gasteiger partial charge on any atom is -0.383 e. The molecular weight excluding hydrogens is 252 g/mol. The van der Waals surface area contributed by atoms with E-state index >= 15 is 0 Å². The van der Waals surface area contributed by atoms with Crippen LogP contribution in [0, 0.1) is 0 Å². The summed E-state index contributed by atoms with van der Waals surface area (Å²) in [6.07, 6.45) is 2.48. The maximum absolute atomic E-state index is 12.0. The number of carbonyl (C=O) groups excluding carboxylic acids is 1. The number of fused-ring (bicyclic) bond motifs is 1. The van der Waals surface area contributed by atoms with Crippen LogP contribution in [-0.2, 0) is 22.5 Å². The molecule has 2 N–H and O–H groups in total. The molecule has 0 saturated heterocycles. The molecule has 1 heterocycles. The van der Waals surface area contributed by atoms with Gasteiger partial charge in [0.05, 0.1) is 12.6 Å². The van der Waals surface area contributed by atoms with E-state index in [1.54, 1.807) is 7.11 Å². The molecule has 4 nitrogen and oxygen atoms in total. The van der Waals surface area contributed by atoms with Gasteiger partial charge in [0, 0.05) is 26.6 Å². The van der Waals surface area contributed by atoms with Gasteiger partial charge in [0.1, 0.15) is 0 Å². The van der Waals surface area contributed by atoms with Crippen molar-refractivity contribution >= 4 is 5.91 Å². The predicted molar refractivity (Wildman–Crippen MR) is 79.3 cm³/mol. The molecule has 110 valence electrons. The van der Waals surface area contributed by atoms with Gasteiger partial charge >= 0.3 is 0 Å². The van der Waals surface area contributed by atoms with Crippen molar-refractivity contribution in [3.8, 4) is 0 Å². The fourth-order valence-electron chi connectivity index (χ4n) is 2.67. The van der Waals surface area contributed by atoms with Crippen LogP contribution in [0.4, 0.5) is 0 Å². The molecule has 0 bridgehead atoms. The third kappa shape index (κ3) is 3.38. The zero-order valence-electron chi connectivity index (χ0n) is 12.4. The van der Waals surface area contributed by atoms with E-state index in [9.17, 15) is 4.79 Å². The van der Waals surface area contributed by atoms with Crippen LogP contribution in [0.1, 0.15) is 42.5 Å². The Bertz CT molecular complexity index is 474. The number of nitrogens with two attached hydrogens (primary N) is 1. The van der Waals surface area contributed by atoms with Crippen LogP contribution in [0.25, 0.3) is 0 Å². The summed E-state index contributed by atoms with van der Waals surface area (Å²) in [4.78, 5) is 14.0. The fraction of sp³-hybridized carbons (Fsp3) is 0.562. The summed E-state index contributed by atoms with van der Waals surface area (Å²) in [7, 11) is 1.66. The summed E-state index contributed by atoms with van der Waals surface area (Å²) in [6.45, 7) is 4.09. The third-order valence-electron chi connectivity index (χ3n) is 3.83. The molecule has 0 saturated carbocycles. The molecule has 1 aliphatic heterocycles. The van der Waals surface area contributed by atoms with Gasteiger partial charge in [0.2, 0.25) is 5.91 Å². The van der Waals surface area contributed by atoms with Crippen LogP contribution < -0.4 is 5.73 Å². The van der Waals surface area contributed by atoms with Crippen molar-refractivity contribution < 1.29 is 9.53 Å². The van der Waals surface area contributed by atoms with Crippen molar-refractivity contribution in [3.63, 3.8) is 0 Å². The number of ether oxygens (including phenoxy) is 1. The van der Waals surface area contributed by atoms with Gasteiger partial charge in [-0.1, -0.05) is 25.1 Å². The van der Waals surface area contributed by atoms with Gasteiger partial charge in [0.25, 0.3) is 0 Å². The molecule has 1 aliphatic rings. The van der Waals surface area contributed by atoms with Crippen LogP contribution in [0.15, 0.2) is 18.2 Å². The molecule has 0 aromatic heterocycles. The van der Waals surface area contributed by atoms with E-state index < -0.39 is 0 Å². The van der Waals surface area contributed by atoms with Crippen molar-refractivity contribution in [1.82, 2.24) is 4.90 Å². The van der Waals surface area contributed by atoms with Crippen molar-refractivity contribution in [2.75, 3.05) is 20.3 Å². The highest BCUT2D eigenvalue weighted by Crippen LogP contribution is 2.23. The lowest BCUT2D eigenvalue weighted by molar-refractivity contribution is -0.132. The Morgan fingerprint density at radius 3 is 2.95 bits per heavy atom. The molecule has 0 fully saturated rings. The van der Waals surface area contributed by atoms with Crippen LogP contribution >= 0.6 is 0 Å². The second-order valence-corrected chi connectivity index (χ2v) is 5.41. The van der Waals surface area contributed by atoms with Crippen LogP contribution in [0.3, 0.4) is 0 Å². The summed E-state index contributed by atoms with van der Waals surface area (Å²) in [6, 6.07) is 6.24. The summed E-state index contributed by atoms with van der Waals surface area (Å²) in [5, 5.41) is 0. The van der Waals surface area contributed by atoms with Gasteiger partial charge in [-0.05, 0) is 29.5 Å². The average molecular weight is 276 g/mol. The van der Waals surface area contributed by atoms with Crippen molar-refractivity contribution in [2.24, 2.45) is 5.73 Å². The minimum absolute atomic E-state index is 0.105. The Hall–Kier alpha value is -1.39. The van der Waals surface area contributed by atoms with E-state index in [2.05, 4.69) is 18.2 Å². The Balaban J connectivity index is 2.13. The molecule has 0 radical (unpaired) electrons. The van der Waals surface area contributed by atoms with Crippen LogP contribution in [-0.4, -0.2) is 31.1 Å². The Morgan fingerprint density at radius 2 is 2.25 bits per heavy atom. The smallest absolute Gasteiger partial charge is 0.222 e. The molecule has 1 aromatic rings. The summed E-state index contributed by atoms with van der Waals surface area (Å²) in [5.74, 6) is 0.254. The topological polar surface area (TPSA) is 55.6 Å². The lowest BCUT2D eigenvalue weighted by Crippen LogP contribution is -2.35. The van der Waals surface area contributed by atoms with E-state index in [4.69, 9.17) is 10.5 Å². The minimum atomic E-state index is -0.105. The largest absolute Gasteiger partial charge is 0.383 e. The Kier molecular flexibility index (Phi) is 5.15. The molecule has 1 unspecified atom stereocenters. The molecule has 0 spiro atoms. The average Bonchev–Trinajstić information content (AvgIpc) is 2.46. The normalized spacial score (nSPS) is 15.8. The number of hydrogen-bond acceptors (Lipinski definition) is 3. The van der Waals surface area contributed by atoms with Crippen molar-refractivity contribution in [2.45, 2.75) is 38.8 Å². The number of nitrogens with zero attached hydrogens (tertiary/aromatic N) is 1. The van der Waals surface area contributed by atoms with E-state index in [1.807, 2.05) is 11.8 Å². The van der Waals surface area contributed by atoms with E-state index in [0.717, 1.165) is 24.9 Å². The second-order valence-electron chi connectivity index (χ2n) is 5.41. The molecule has 1 atom stereocenters. The van der Waals surface area contributed by atoms with E-state index in [0.29, 0.717) is 19.6 Å². The lowest BCUT2D eigenvalue weighted by Gasteiger charge is -2.29. The van der Waals surface area contributed by atoms with Gasteiger partial charge in [-0.2, -0.15) is 0 Å². The first-order chi connectivity index (χ1) is 9.65. The quantitative estimate of drug-likeness (QED) is 0.895. The molecule has 0 aliphatic carbocycles. The lowest BCUT2D eigenvalue weighted by atomic mass is 9.95. The van der Waals surface area contributed by atoms with Gasteiger partial charge in [0.15, 0.2) is 0 Å². The van der Waals surface area contributed by atoms with Gasteiger partial charge in [-0.15, -0.1) is 0 Å². The van der Waals surface area contributed by atoms with Gasteiger partial charge in [-0.3, -0.25) is 4.79 Å². The van der Waals surface area contributed by atoms with Gasteiger partial charge in [-0.25, -0.2) is 0 Å². The SMILES string of the molecule is CCCC(=O)N1CCc2ccc(C(N)COC)cc2C1. The number of rotatable bonds is 5. The first-order valence-electron chi connectivity index (χ1n) is 7.29. The van der Waals surface area contributed by atoms with E-state index in [-0.39, 0.29) is 11.9 Å². The third-order valence-corrected chi connectivity index (χ3v) is 3.83. The molecule has 1 aromatic carbocycles. The highest BCUT2D eigenvalue weighted by molar-refractivity contribution is 5.76. The molecule has 4 heteroatoms. The summed E-state index contributed by atoms with van der Waals surface area (Å²) < 4.78 is 5.10. The molecule has 2 rings (SSSR count).